The average molecular weight is 166 g/mol. The molecule has 0 saturated heterocycles. The second kappa shape index (κ2) is 4.45. The summed E-state index contributed by atoms with van der Waals surface area (Å²) in [6.45, 7) is 2.16. The second-order valence-electron chi connectivity index (χ2n) is 2.75. The molecular formula is C10H14S. The molecule has 1 heteroatoms. The Kier molecular flexibility index (Phi) is 3.50. The van der Waals surface area contributed by atoms with Gasteiger partial charge in [0.1, 0.15) is 0 Å². The highest BCUT2D eigenvalue weighted by molar-refractivity contribution is 7.80. The van der Waals surface area contributed by atoms with E-state index >= 15 is 0 Å². The third-order valence-electron chi connectivity index (χ3n) is 1.87. The van der Waals surface area contributed by atoms with Gasteiger partial charge in [0.2, 0.25) is 0 Å². The zero-order valence-corrected chi connectivity index (χ0v) is 7.77. The van der Waals surface area contributed by atoms with E-state index in [4.69, 9.17) is 0 Å². The Bertz CT molecular complexity index is 218. The lowest BCUT2D eigenvalue weighted by Gasteiger charge is -2.02. The van der Waals surface area contributed by atoms with E-state index in [1.807, 2.05) is 0 Å². The molecule has 0 aliphatic carbocycles. The molecular weight excluding hydrogens is 152 g/mol. The van der Waals surface area contributed by atoms with Gasteiger partial charge in [0, 0.05) is 0 Å². The summed E-state index contributed by atoms with van der Waals surface area (Å²) in [5.74, 6) is 0.980. The standard InChI is InChI=1S/C10H14S/c1-9-5-2-3-6-10(9)7-4-8-11/h2-3,5-6,11H,4,7-8H2,1H3. The van der Waals surface area contributed by atoms with Gasteiger partial charge in [-0.1, -0.05) is 24.3 Å². The topological polar surface area (TPSA) is 0 Å². The molecule has 0 unspecified atom stereocenters. The van der Waals surface area contributed by atoms with Crippen LogP contribution in [0.1, 0.15) is 17.5 Å². The average Bonchev–Trinajstić information content (AvgIpc) is 2.03. The van der Waals surface area contributed by atoms with Crippen LogP contribution < -0.4 is 0 Å². The van der Waals surface area contributed by atoms with Crippen molar-refractivity contribution in [2.24, 2.45) is 0 Å². The van der Waals surface area contributed by atoms with Crippen LogP contribution >= 0.6 is 12.6 Å². The summed E-state index contributed by atoms with van der Waals surface area (Å²) in [6, 6.07) is 8.53. The first-order valence-corrected chi connectivity index (χ1v) is 4.63. The maximum absolute atomic E-state index is 4.19. The zero-order valence-electron chi connectivity index (χ0n) is 6.88. The molecule has 0 N–H and O–H groups in total. The summed E-state index contributed by atoms with van der Waals surface area (Å²) in [5.41, 5.74) is 2.86. The minimum absolute atomic E-state index is 0.980. The fourth-order valence-electron chi connectivity index (χ4n) is 1.16. The molecule has 0 radical (unpaired) electrons. The van der Waals surface area contributed by atoms with Crippen LogP contribution in [0, 0.1) is 6.92 Å². The quantitative estimate of drug-likeness (QED) is 0.656. The summed E-state index contributed by atoms with van der Waals surface area (Å²) >= 11 is 4.19. The summed E-state index contributed by atoms with van der Waals surface area (Å²) in [7, 11) is 0. The Hall–Kier alpha value is -0.430. The van der Waals surface area contributed by atoms with Crippen molar-refractivity contribution in [1.82, 2.24) is 0 Å². The Labute approximate surface area is 74.0 Å². The fraction of sp³-hybridized carbons (Fsp3) is 0.400. The van der Waals surface area contributed by atoms with Crippen molar-refractivity contribution < 1.29 is 0 Å². The largest absolute Gasteiger partial charge is 0.179 e. The van der Waals surface area contributed by atoms with Crippen LogP contribution in [0.3, 0.4) is 0 Å². The van der Waals surface area contributed by atoms with Gasteiger partial charge in [-0.3, -0.25) is 0 Å². The van der Waals surface area contributed by atoms with E-state index < -0.39 is 0 Å². The summed E-state index contributed by atoms with van der Waals surface area (Å²) in [4.78, 5) is 0. The molecule has 11 heavy (non-hydrogen) atoms. The smallest absolute Gasteiger partial charge is 0.00947 e. The Morgan fingerprint density at radius 2 is 2.00 bits per heavy atom. The molecule has 0 aromatic heterocycles. The summed E-state index contributed by atoms with van der Waals surface area (Å²) in [5, 5.41) is 0. The molecule has 60 valence electrons. The van der Waals surface area contributed by atoms with E-state index in [-0.39, 0.29) is 0 Å². The normalized spacial score (nSPS) is 10.0. The van der Waals surface area contributed by atoms with Crippen molar-refractivity contribution in [2.75, 3.05) is 5.75 Å². The molecule has 0 aliphatic heterocycles. The third kappa shape index (κ3) is 2.58. The van der Waals surface area contributed by atoms with Crippen LogP contribution in [0.15, 0.2) is 24.3 Å². The molecule has 0 amide bonds. The Balaban J connectivity index is 2.62. The number of aryl methyl sites for hydroxylation is 2. The predicted molar refractivity (Wildman–Crippen MR) is 53.4 cm³/mol. The van der Waals surface area contributed by atoms with Crippen LogP contribution in [-0.2, 0) is 6.42 Å². The number of rotatable bonds is 3. The number of benzene rings is 1. The highest BCUT2D eigenvalue weighted by Crippen LogP contribution is 2.09. The van der Waals surface area contributed by atoms with Crippen molar-refractivity contribution in [3.05, 3.63) is 35.4 Å². The molecule has 0 spiro atoms. The minimum atomic E-state index is 0.980. The molecule has 1 aromatic carbocycles. The Morgan fingerprint density at radius 3 is 2.64 bits per heavy atom. The van der Waals surface area contributed by atoms with Gasteiger partial charge in [-0.15, -0.1) is 0 Å². The molecule has 0 nitrogen and oxygen atoms in total. The van der Waals surface area contributed by atoms with Gasteiger partial charge in [-0.05, 0) is 36.6 Å². The van der Waals surface area contributed by atoms with E-state index in [2.05, 4.69) is 43.8 Å². The third-order valence-corrected chi connectivity index (χ3v) is 2.18. The highest BCUT2D eigenvalue weighted by atomic mass is 32.1. The van der Waals surface area contributed by atoms with Gasteiger partial charge in [-0.25, -0.2) is 0 Å². The van der Waals surface area contributed by atoms with Crippen LogP contribution in [0.25, 0.3) is 0 Å². The van der Waals surface area contributed by atoms with Gasteiger partial charge in [0.25, 0.3) is 0 Å². The molecule has 1 aromatic rings. The van der Waals surface area contributed by atoms with E-state index in [1.54, 1.807) is 0 Å². The molecule has 0 aliphatic rings. The summed E-state index contributed by atoms with van der Waals surface area (Å²) < 4.78 is 0. The second-order valence-corrected chi connectivity index (χ2v) is 3.20. The van der Waals surface area contributed by atoms with E-state index in [9.17, 15) is 0 Å². The first-order valence-electron chi connectivity index (χ1n) is 4.00. The van der Waals surface area contributed by atoms with Crippen molar-refractivity contribution in [3.63, 3.8) is 0 Å². The van der Waals surface area contributed by atoms with Crippen molar-refractivity contribution >= 4 is 12.6 Å². The molecule has 0 bridgehead atoms. The van der Waals surface area contributed by atoms with Crippen LogP contribution in [0.2, 0.25) is 0 Å². The maximum Gasteiger partial charge on any atom is -0.00947 e. The van der Waals surface area contributed by atoms with Crippen LogP contribution in [0.5, 0.6) is 0 Å². The zero-order chi connectivity index (χ0) is 8.10. The molecule has 0 atom stereocenters. The van der Waals surface area contributed by atoms with E-state index in [1.165, 1.54) is 17.5 Å². The first kappa shape index (κ1) is 8.66. The molecule has 1 rings (SSSR count). The highest BCUT2D eigenvalue weighted by Gasteiger charge is 1.94. The molecule has 0 heterocycles. The van der Waals surface area contributed by atoms with Gasteiger partial charge in [0.15, 0.2) is 0 Å². The van der Waals surface area contributed by atoms with Crippen molar-refractivity contribution in [2.45, 2.75) is 19.8 Å². The lowest BCUT2D eigenvalue weighted by Crippen LogP contribution is -1.89. The van der Waals surface area contributed by atoms with Crippen molar-refractivity contribution in [3.8, 4) is 0 Å². The monoisotopic (exact) mass is 166 g/mol. The SMILES string of the molecule is Cc1ccccc1CCCS. The predicted octanol–water partition coefficient (Wildman–Crippen LogP) is 2.86. The number of hydrogen-bond donors (Lipinski definition) is 1. The molecule has 0 saturated carbocycles. The van der Waals surface area contributed by atoms with Gasteiger partial charge in [-0.2, -0.15) is 12.6 Å². The van der Waals surface area contributed by atoms with Gasteiger partial charge < -0.3 is 0 Å². The Morgan fingerprint density at radius 1 is 1.27 bits per heavy atom. The van der Waals surface area contributed by atoms with E-state index in [0.29, 0.717) is 0 Å². The fourth-order valence-corrected chi connectivity index (χ4v) is 1.32. The number of thiol groups is 1. The minimum Gasteiger partial charge on any atom is -0.179 e. The van der Waals surface area contributed by atoms with Crippen LogP contribution in [0.4, 0.5) is 0 Å². The maximum atomic E-state index is 4.19. The number of hydrogen-bond acceptors (Lipinski definition) is 1. The van der Waals surface area contributed by atoms with E-state index in [0.717, 1.165) is 12.2 Å². The van der Waals surface area contributed by atoms with Crippen LogP contribution in [-0.4, -0.2) is 5.75 Å². The molecule has 0 fully saturated rings. The van der Waals surface area contributed by atoms with Gasteiger partial charge >= 0.3 is 0 Å². The lowest BCUT2D eigenvalue weighted by atomic mass is 10.1. The lowest BCUT2D eigenvalue weighted by molar-refractivity contribution is 0.926. The first-order chi connectivity index (χ1) is 5.34. The summed E-state index contributed by atoms with van der Waals surface area (Å²) in [6.07, 6.45) is 2.34. The van der Waals surface area contributed by atoms with Crippen molar-refractivity contribution in [1.29, 1.82) is 0 Å². The van der Waals surface area contributed by atoms with Gasteiger partial charge in [0.05, 0.1) is 0 Å².